The molecule has 3 N–H and O–H groups in total. The van der Waals surface area contributed by atoms with Crippen molar-refractivity contribution >= 4 is 43.1 Å². The number of nitrogens with one attached hydrogen (secondary N) is 1. The molecule has 0 unspecified atom stereocenters. The fraction of sp³-hybridized carbons (Fsp3) is 0.182. The molecule has 0 amide bonds. The van der Waals surface area contributed by atoms with Crippen molar-refractivity contribution in [3.63, 3.8) is 0 Å². The van der Waals surface area contributed by atoms with Crippen molar-refractivity contribution in [3.8, 4) is 0 Å². The van der Waals surface area contributed by atoms with Crippen LogP contribution in [0.4, 0.5) is 5.82 Å². The summed E-state index contributed by atoms with van der Waals surface area (Å²) in [5.41, 5.74) is 6.27. The molecule has 0 atom stereocenters. The minimum Gasteiger partial charge on any atom is -0.326 e. The van der Waals surface area contributed by atoms with Crippen molar-refractivity contribution in [3.05, 3.63) is 38.6 Å². The third kappa shape index (κ3) is 3.14. The first-order valence-corrected chi connectivity index (χ1v) is 8.51. The molecular weight excluding hydrogens is 350 g/mol. The van der Waals surface area contributed by atoms with Gasteiger partial charge in [0, 0.05) is 22.1 Å². The third-order valence-electron chi connectivity index (χ3n) is 2.46. The molecule has 0 bridgehead atoms. The fourth-order valence-electron chi connectivity index (χ4n) is 1.55. The van der Waals surface area contributed by atoms with Gasteiger partial charge in [-0.25, -0.2) is 13.4 Å². The van der Waals surface area contributed by atoms with Crippen LogP contribution in [0.1, 0.15) is 10.4 Å². The molecule has 5 nitrogen and oxygen atoms in total. The average Bonchev–Trinajstić information content (AvgIpc) is 2.82. The smallest absolute Gasteiger partial charge is 0.264 e. The molecular formula is C11H12BrN3O2S2. The highest BCUT2D eigenvalue weighted by Crippen LogP contribution is 2.25. The Morgan fingerprint density at radius 2 is 2.26 bits per heavy atom. The van der Waals surface area contributed by atoms with Gasteiger partial charge in [0.1, 0.15) is 10.7 Å². The van der Waals surface area contributed by atoms with Crippen LogP contribution >= 0.6 is 27.3 Å². The van der Waals surface area contributed by atoms with Crippen molar-refractivity contribution < 1.29 is 8.42 Å². The summed E-state index contributed by atoms with van der Waals surface area (Å²) in [4.78, 5) is 4.90. The monoisotopic (exact) mass is 361 g/mol. The maximum atomic E-state index is 12.3. The van der Waals surface area contributed by atoms with E-state index in [9.17, 15) is 8.42 Å². The van der Waals surface area contributed by atoms with Crippen molar-refractivity contribution in [1.82, 2.24) is 4.98 Å². The summed E-state index contributed by atoms with van der Waals surface area (Å²) in [6, 6.07) is 3.34. The molecule has 0 aliphatic carbocycles. The van der Waals surface area contributed by atoms with Gasteiger partial charge in [-0.1, -0.05) is 0 Å². The molecule has 19 heavy (non-hydrogen) atoms. The first-order chi connectivity index (χ1) is 8.94. The van der Waals surface area contributed by atoms with Crippen LogP contribution in [0, 0.1) is 6.92 Å². The number of pyridine rings is 1. The number of aromatic nitrogens is 1. The maximum Gasteiger partial charge on any atom is 0.264 e. The highest BCUT2D eigenvalue weighted by Gasteiger charge is 2.20. The van der Waals surface area contributed by atoms with Crippen molar-refractivity contribution in [2.24, 2.45) is 5.73 Å². The van der Waals surface area contributed by atoms with Crippen molar-refractivity contribution in [1.29, 1.82) is 0 Å². The molecule has 2 aromatic rings. The predicted octanol–water partition coefficient (Wildman–Crippen LogP) is 2.47. The van der Waals surface area contributed by atoms with Crippen LogP contribution in [0.3, 0.4) is 0 Å². The summed E-state index contributed by atoms with van der Waals surface area (Å²) >= 11 is 4.60. The van der Waals surface area contributed by atoms with E-state index in [2.05, 4.69) is 25.6 Å². The first kappa shape index (κ1) is 14.4. The Labute approximate surface area is 124 Å². The molecule has 0 aromatic carbocycles. The molecule has 0 spiro atoms. The second-order valence-corrected chi connectivity index (χ2v) is 7.40. The Bertz CT molecular complexity index is 698. The van der Waals surface area contributed by atoms with Gasteiger partial charge in [0.2, 0.25) is 0 Å². The summed E-state index contributed by atoms with van der Waals surface area (Å²) < 4.78 is 27.8. The van der Waals surface area contributed by atoms with Crippen molar-refractivity contribution in [2.75, 3.05) is 4.72 Å². The largest absolute Gasteiger partial charge is 0.326 e. The first-order valence-electron chi connectivity index (χ1n) is 5.35. The van der Waals surface area contributed by atoms with E-state index < -0.39 is 10.0 Å². The predicted molar refractivity (Wildman–Crippen MR) is 79.7 cm³/mol. The number of hydrogen-bond donors (Lipinski definition) is 2. The van der Waals surface area contributed by atoms with Gasteiger partial charge >= 0.3 is 0 Å². The fourth-order valence-corrected chi connectivity index (χ4v) is 4.41. The standard InChI is InChI=1S/C11H12BrN3O2S2/c1-7-4-8(12)6-14-11(7)15-19(16,17)10-2-3-18-9(10)5-13/h2-4,6H,5,13H2,1H3,(H,14,15). The van der Waals surface area contributed by atoms with Gasteiger partial charge in [-0.15, -0.1) is 11.3 Å². The number of anilines is 1. The van der Waals surface area contributed by atoms with Crippen LogP contribution in [0.25, 0.3) is 0 Å². The minimum absolute atomic E-state index is 0.195. The van der Waals surface area contributed by atoms with Crippen LogP contribution in [0.2, 0.25) is 0 Å². The zero-order chi connectivity index (χ0) is 14.0. The number of hydrogen-bond acceptors (Lipinski definition) is 5. The molecule has 2 aromatic heterocycles. The van der Waals surface area contributed by atoms with Gasteiger partial charge in [0.15, 0.2) is 0 Å². The average molecular weight is 362 g/mol. The maximum absolute atomic E-state index is 12.3. The lowest BCUT2D eigenvalue weighted by molar-refractivity contribution is 0.600. The SMILES string of the molecule is Cc1cc(Br)cnc1NS(=O)(=O)c1ccsc1CN. The van der Waals surface area contributed by atoms with Gasteiger partial charge in [-0.2, -0.15) is 0 Å². The third-order valence-corrected chi connectivity index (χ3v) is 5.39. The van der Waals surface area contributed by atoms with E-state index in [-0.39, 0.29) is 11.4 Å². The molecule has 0 aliphatic rings. The summed E-state index contributed by atoms with van der Waals surface area (Å²) in [6.45, 7) is 1.98. The quantitative estimate of drug-likeness (QED) is 0.875. The summed E-state index contributed by atoms with van der Waals surface area (Å²) in [5.74, 6) is 0.317. The number of nitrogens with zero attached hydrogens (tertiary/aromatic N) is 1. The van der Waals surface area contributed by atoms with Gasteiger partial charge in [0.05, 0.1) is 0 Å². The number of aryl methyl sites for hydroxylation is 1. The summed E-state index contributed by atoms with van der Waals surface area (Å²) in [5, 5.41) is 1.71. The van der Waals surface area contributed by atoms with E-state index in [4.69, 9.17) is 5.73 Å². The molecule has 0 saturated carbocycles. The Kier molecular flexibility index (Phi) is 4.24. The van der Waals surface area contributed by atoms with Gasteiger partial charge in [-0.05, 0) is 45.9 Å². The molecule has 0 fully saturated rings. The topological polar surface area (TPSA) is 85.1 Å². The van der Waals surface area contributed by atoms with E-state index in [0.29, 0.717) is 10.7 Å². The molecule has 0 saturated heterocycles. The van der Waals surface area contributed by atoms with Crippen LogP contribution in [0.15, 0.2) is 33.1 Å². The second-order valence-electron chi connectivity index (χ2n) is 3.84. The van der Waals surface area contributed by atoms with E-state index >= 15 is 0 Å². The van der Waals surface area contributed by atoms with E-state index in [1.165, 1.54) is 11.3 Å². The molecule has 2 heterocycles. The van der Waals surface area contributed by atoms with Gasteiger partial charge in [0.25, 0.3) is 10.0 Å². The van der Waals surface area contributed by atoms with Gasteiger partial charge < -0.3 is 5.73 Å². The lowest BCUT2D eigenvalue weighted by Gasteiger charge is -2.09. The van der Waals surface area contributed by atoms with Crippen molar-refractivity contribution in [2.45, 2.75) is 18.4 Å². The summed E-state index contributed by atoms with van der Waals surface area (Å²) in [7, 11) is -3.65. The highest BCUT2D eigenvalue weighted by molar-refractivity contribution is 9.10. The molecule has 0 aliphatic heterocycles. The van der Waals surface area contributed by atoms with Crippen LogP contribution in [0.5, 0.6) is 0 Å². The molecule has 2 rings (SSSR count). The lowest BCUT2D eigenvalue weighted by atomic mass is 10.3. The Morgan fingerprint density at radius 3 is 2.89 bits per heavy atom. The molecule has 8 heteroatoms. The Balaban J connectivity index is 2.37. The number of rotatable bonds is 4. The second kappa shape index (κ2) is 5.58. The number of sulfonamides is 1. The lowest BCUT2D eigenvalue weighted by Crippen LogP contribution is -2.16. The number of nitrogens with two attached hydrogens (primary N) is 1. The van der Waals surface area contributed by atoms with E-state index in [1.807, 2.05) is 0 Å². The Hall–Kier alpha value is -0.960. The number of thiophene rings is 1. The van der Waals surface area contributed by atoms with Crippen LogP contribution in [-0.4, -0.2) is 13.4 Å². The number of halogens is 1. The molecule has 102 valence electrons. The van der Waals surface area contributed by atoms with Crippen LogP contribution in [-0.2, 0) is 16.6 Å². The minimum atomic E-state index is -3.65. The Morgan fingerprint density at radius 1 is 1.53 bits per heavy atom. The normalized spacial score (nSPS) is 11.5. The van der Waals surface area contributed by atoms with E-state index in [0.717, 1.165) is 10.0 Å². The van der Waals surface area contributed by atoms with Crippen LogP contribution < -0.4 is 10.5 Å². The molecule has 0 radical (unpaired) electrons. The van der Waals surface area contributed by atoms with E-state index in [1.54, 1.807) is 30.6 Å². The summed E-state index contributed by atoms with van der Waals surface area (Å²) in [6.07, 6.45) is 1.54. The van der Waals surface area contributed by atoms with Gasteiger partial charge in [-0.3, -0.25) is 4.72 Å². The zero-order valence-electron chi connectivity index (χ0n) is 10.1. The highest BCUT2D eigenvalue weighted by atomic mass is 79.9. The zero-order valence-corrected chi connectivity index (χ0v) is 13.3.